The number of nitrogens with zero attached hydrogens (tertiary/aromatic N) is 1. The highest BCUT2D eigenvalue weighted by Gasteiger charge is 2.26. The van der Waals surface area contributed by atoms with Gasteiger partial charge in [0.2, 0.25) is 0 Å². The van der Waals surface area contributed by atoms with E-state index < -0.39 is 0 Å². The number of hydrogen-bond donors (Lipinski definition) is 1. The summed E-state index contributed by atoms with van der Waals surface area (Å²) in [5.41, 5.74) is 5.04. The summed E-state index contributed by atoms with van der Waals surface area (Å²) in [6.45, 7) is 1.80. The Kier molecular flexibility index (Phi) is 3.99. The number of anilines is 1. The molecule has 22 heavy (non-hydrogen) atoms. The van der Waals surface area contributed by atoms with E-state index in [1.165, 1.54) is 24.5 Å². The Hall–Kier alpha value is -2.13. The Morgan fingerprint density at radius 2 is 1.86 bits per heavy atom. The number of hydrogen-bond acceptors (Lipinski definition) is 2. The van der Waals surface area contributed by atoms with Gasteiger partial charge in [-0.15, -0.1) is 0 Å². The second-order valence-electron chi connectivity index (χ2n) is 5.95. The minimum Gasteiger partial charge on any atom is -0.314 e. The minimum absolute atomic E-state index is 0.172. The normalized spacial score (nSPS) is 14.5. The molecule has 114 valence electrons. The molecule has 2 aromatic rings. The van der Waals surface area contributed by atoms with Crippen LogP contribution < -0.4 is 10.9 Å². The van der Waals surface area contributed by atoms with Crippen molar-refractivity contribution in [1.82, 2.24) is 0 Å². The lowest BCUT2D eigenvalue weighted by Crippen LogP contribution is -2.26. The smallest absolute Gasteiger partial charge is 0.126 e. The van der Waals surface area contributed by atoms with Gasteiger partial charge in [0.15, 0.2) is 0 Å². The Morgan fingerprint density at radius 1 is 1.14 bits per heavy atom. The van der Waals surface area contributed by atoms with Crippen molar-refractivity contribution in [2.45, 2.75) is 25.7 Å². The van der Waals surface area contributed by atoms with E-state index >= 15 is 0 Å². The van der Waals surface area contributed by atoms with Gasteiger partial charge >= 0.3 is 0 Å². The van der Waals surface area contributed by atoms with Crippen LogP contribution in [0.3, 0.4) is 0 Å². The van der Waals surface area contributed by atoms with Gasteiger partial charge in [0.25, 0.3) is 0 Å². The van der Waals surface area contributed by atoms with Gasteiger partial charge in [-0.2, -0.15) is 0 Å². The second kappa shape index (κ2) is 5.93. The summed E-state index contributed by atoms with van der Waals surface area (Å²) < 4.78 is 13.7. The topological polar surface area (TPSA) is 29.3 Å². The van der Waals surface area contributed by atoms with Gasteiger partial charge in [-0.1, -0.05) is 36.4 Å². The van der Waals surface area contributed by atoms with Crippen LogP contribution in [0.1, 0.15) is 41.0 Å². The van der Waals surface area contributed by atoms with Crippen molar-refractivity contribution in [3.63, 3.8) is 0 Å². The largest absolute Gasteiger partial charge is 0.314 e. The molecule has 0 aromatic heterocycles. The summed E-state index contributed by atoms with van der Waals surface area (Å²) in [5.74, 6) is 6.43. The first kappa shape index (κ1) is 14.8. The van der Waals surface area contributed by atoms with E-state index in [9.17, 15) is 4.39 Å². The molecule has 1 saturated carbocycles. The molecule has 2 aromatic carbocycles. The molecule has 2 nitrogen and oxygen atoms in total. The third kappa shape index (κ3) is 2.90. The SMILES string of the molecule is Cc1c(F)cccc1/C=C/c1c(C2CC2)cccc1N(C)N. The van der Waals surface area contributed by atoms with Crippen LogP contribution >= 0.6 is 0 Å². The highest BCUT2D eigenvalue weighted by atomic mass is 19.1. The van der Waals surface area contributed by atoms with Crippen molar-refractivity contribution < 1.29 is 4.39 Å². The number of hydrazine groups is 1. The molecule has 0 spiro atoms. The highest BCUT2D eigenvalue weighted by Crippen LogP contribution is 2.44. The molecule has 3 rings (SSSR count). The van der Waals surface area contributed by atoms with Crippen molar-refractivity contribution in [2.24, 2.45) is 5.84 Å². The molecule has 0 heterocycles. The molecule has 0 amide bonds. The van der Waals surface area contributed by atoms with Gasteiger partial charge in [0, 0.05) is 12.6 Å². The maximum absolute atomic E-state index is 13.7. The zero-order valence-electron chi connectivity index (χ0n) is 13.0. The van der Waals surface area contributed by atoms with E-state index in [4.69, 9.17) is 5.84 Å². The average Bonchev–Trinajstić information content (AvgIpc) is 3.33. The Bertz CT molecular complexity index is 695. The van der Waals surface area contributed by atoms with Crippen LogP contribution in [-0.2, 0) is 0 Å². The van der Waals surface area contributed by atoms with Gasteiger partial charge in [0.05, 0.1) is 5.69 Å². The van der Waals surface area contributed by atoms with Crippen LogP contribution in [0.5, 0.6) is 0 Å². The predicted octanol–water partition coefficient (Wildman–Crippen LogP) is 4.49. The summed E-state index contributed by atoms with van der Waals surface area (Å²) in [6, 6.07) is 11.4. The van der Waals surface area contributed by atoms with Crippen molar-refractivity contribution >= 4 is 17.8 Å². The van der Waals surface area contributed by atoms with E-state index in [1.54, 1.807) is 18.0 Å². The lowest BCUT2D eigenvalue weighted by molar-refractivity contribution is 0.618. The minimum atomic E-state index is -0.172. The van der Waals surface area contributed by atoms with Crippen molar-refractivity contribution in [3.8, 4) is 0 Å². The molecule has 0 saturated heterocycles. The molecule has 0 aliphatic heterocycles. The van der Waals surface area contributed by atoms with Crippen molar-refractivity contribution in [3.05, 3.63) is 64.5 Å². The summed E-state index contributed by atoms with van der Waals surface area (Å²) >= 11 is 0. The summed E-state index contributed by atoms with van der Waals surface area (Å²) in [5, 5.41) is 1.64. The molecule has 0 atom stereocenters. The summed E-state index contributed by atoms with van der Waals surface area (Å²) in [4.78, 5) is 0. The van der Waals surface area contributed by atoms with Crippen LogP contribution in [0, 0.1) is 12.7 Å². The van der Waals surface area contributed by atoms with Crippen LogP contribution in [-0.4, -0.2) is 7.05 Å². The fourth-order valence-corrected chi connectivity index (χ4v) is 2.79. The Morgan fingerprint density at radius 3 is 2.55 bits per heavy atom. The lowest BCUT2D eigenvalue weighted by Gasteiger charge is -2.18. The first-order valence-electron chi connectivity index (χ1n) is 7.62. The molecule has 0 unspecified atom stereocenters. The summed E-state index contributed by atoms with van der Waals surface area (Å²) in [7, 11) is 1.84. The monoisotopic (exact) mass is 296 g/mol. The summed E-state index contributed by atoms with van der Waals surface area (Å²) in [6.07, 6.45) is 6.51. The second-order valence-corrected chi connectivity index (χ2v) is 5.95. The third-order valence-corrected chi connectivity index (χ3v) is 4.25. The average molecular weight is 296 g/mol. The van der Waals surface area contributed by atoms with Crippen LogP contribution in [0.2, 0.25) is 0 Å². The van der Waals surface area contributed by atoms with Gasteiger partial charge in [0.1, 0.15) is 5.82 Å². The molecule has 0 bridgehead atoms. The van der Waals surface area contributed by atoms with E-state index in [0.29, 0.717) is 11.5 Å². The standard InChI is InChI=1S/C19H21FN2/c1-13-14(5-3-7-18(13)20)11-12-17-16(15-9-10-15)6-4-8-19(17)22(2)21/h3-8,11-12,15H,9-10,21H2,1-2H3/b12-11+. The number of halogens is 1. The van der Waals surface area contributed by atoms with E-state index in [1.807, 2.05) is 25.3 Å². The molecule has 1 fully saturated rings. The number of benzene rings is 2. The molecule has 2 N–H and O–H groups in total. The maximum Gasteiger partial charge on any atom is 0.126 e. The van der Waals surface area contributed by atoms with E-state index in [0.717, 1.165) is 16.8 Å². The van der Waals surface area contributed by atoms with Crippen LogP contribution in [0.25, 0.3) is 12.2 Å². The molecule has 1 aliphatic rings. The maximum atomic E-state index is 13.7. The van der Waals surface area contributed by atoms with Crippen LogP contribution in [0.15, 0.2) is 36.4 Å². The third-order valence-electron chi connectivity index (χ3n) is 4.25. The van der Waals surface area contributed by atoms with Crippen molar-refractivity contribution in [1.29, 1.82) is 0 Å². The zero-order chi connectivity index (χ0) is 15.7. The fourth-order valence-electron chi connectivity index (χ4n) is 2.79. The molecule has 3 heteroatoms. The Labute approximate surface area is 131 Å². The molecule has 1 aliphatic carbocycles. The van der Waals surface area contributed by atoms with Crippen LogP contribution in [0.4, 0.5) is 10.1 Å². The fraction of sp³-hybridized carbons (Fsp3) is 0.263. The number of rotatable bonds is 4. The van der Waals surface area contributed by atoms with Gasteiger partial charge in [-0.05, 0) is 54.5 Å². The van der Waals surface area contributed by atoms with Gasteiger partial charge < -0.3 is 5.01 Å². The van der Waals surface area contributed by atoms with E-state index in [2.05, 4.69) is 18.2 Å². The van der Waals surface area contributed by atoms with Gasteiger partial charge in [-0.3, -0.25) is 0 Å². The first-order valence-corrected chi connectivity index (χ1v) is 7.62. The molecular formula is C19H21FN2. The molecular weight excluding hydrogens is 275 g/mol. The van der Waals surface area contributed by atoms with E-state index in [-0.39, 0.29) is 5.82 Å². The zero-order valence-corrected chi connectivity index (χ0v) is 13.0. The Balaban J connectivity index is 2.03. The first-order chi connectivity index (χ1) is 10.6. The van der Waals surface area contributed by atoms with Gasteiger partial charge in [-0.25, -0.2) is 10.2 Å². The van der Waals surface area contributed by atoms with Crippen molar-refractivity contribution in [2.75, 3.05) is 12.1 Å². The molecule has 0 radical (unpaired) electrons. The quantitative estimate of drug-likeness (QED) is 0.511. The number of nitrogens with two attached hydrogens (primary N) is 1. The predicted molar refractivity (Wildman–Crippen MR) is 91.1 cm³/mol. The highest BCUT2D eigenvalue weighted by molar-refractivity contribution is 5.80. The lowest BCUT2D eigenvalue weighted by atomic mass is 9.99.